The quantitative estimate of drug-likeness (QED) is 0.0583. The number of carbonyl (C=O) groups excluding carboxylic acids is 1. The predicted molar refractivity (Wildman–Crippen MR) is 182 cm³/mol. The summed E-state index contributed by atoms with van der Waals surface area (Å²) in [5.74, 6) is -1.36. The van der Waals surface area contributed by atoms with Gasteiger partial charge in [0.2, 0.25) is 0 Å². The molecule has 10 atom stereocenters. The van der Waals surface area contributed by atoms with Crippen LogP contribution < -0.4 is 0 Å². The van der Waals surface area contributed by atoms with Crippen molar-refractivity contribution in [1.82, 2.24) is 0 Å². The van der Waals surface area contributed by atoms with Gasteiger partial charge in [0.1, 0.15) is 0 Å². The van der Waals surface area contributed by atoms with Gasteiger partial charge in [-0.3, -0.25) is 9.59 Å². The molecule has 270 valence electrons. The minimum Gasteiger partial charge on any atom is -0.481 e. The van der Waals surface area contributed by atoms with E-state index in [4.69, 9.17) is 9.84 Å². The van der Waals surface area contributed by atoms with Gasteiger partial charge in [0.15, 0.2) is 0 Å². The molecule has 0 saturated heterocycles. The maximum absolute atomic E-state index is 11.4. The number of aliphatic hydroxyl groups excluding tert-OH is 6. The molecule has 2 aliphatic carbocycles. The third-order valence-corrected chi connectivity index (χ3v) is 8.81. The largest absolute Gasteiger partial charge is 0.481 e. The fourth-order valence-electron chi connectivity index (χ4n) is 6.00. The van der Waals surface area contributed by atoms with Crippen molar-refractivity contribution in [2.75, 3.05) is 0 Å². The zero-order chi connectivity index (χ0) is 35.4. The second-order valence-corrected chi connectivity index (χ2v) is 13.1. The van der Waals surface area contributed by atoms with Crippen molar-refractivity contribution < 1.29 is 50.1 Å². The lowest BCUT2D eigenvalue weighted by atomic mass is 9.89. The highest BCUT2D eigenvalue weighted by Crippen LogP contribution is 2.37. The Bertz CT molecular complexity index is 990. The Labute approximate surface area is 281 Å². The first-order valence-electron chi connectivity index (χ1n) is 17.5. The van der Waals surface area contributed by atoms with Crippen LogP contribution in [0.5, 0.6) is 0 Å². The lowest BCUT2D eigenvalue weighted by Crippen LogP contribution is -2.20. The van der Waals surface area contributed by atoms with Crippen LogP contribution in [-0.2, 0) is 14.3 Å². The molecule has 0 aliphatic heterocycles. The van der Waals surface area contributed by atoms with E-state index in [1.54, 1.807) is 12.2 Å². The molecule has 2 saturated carbocycles. The van der Waals surface area contributed by atoms with E-state index in [2.05, 4.69) is 0 Å². The van der Waals surface area contributed by atoms with E-state index < -0.39 is 42.6 Å². The Kier molecular flexibility index (Phi) is 21.7. The summed E-state index contributed by atoms with van der Waals surface area (Å²) in [7, 11) is 0. The number of aliphatic carboxylic acids is 1. The Morgan fingerprint density at radius 2 is 1.13 bits per heavy atom. The summed E-state index contributed by atoms with van der Waals surface area (Å²) in [6.45, 7) is 7.45. The number of carboxylic acid groups (broad SMARTS) is 1. The number of unbranched alkanes of at least 4 members (excludes halogenated alkanes) is 2. The summed E-state index contributed by atoms with van der Waals surface area (Å²) < 4.78 is 5.08. The average molecular weight is 667 g/mol. The van der Waals surface area contributed by atoms with E-state index in [1.807, 2.05) is 64.2 Å². The molecular formula is C37H62O10. The Hall–Kier alpha value is -2.34. The minimum absolute atomic E-state index is 0.0440. The smallest absolute Gasteiger partial charge is 0.306 e. The molecule has 0 radical (unpaired) electrons. The van der Waals surface area contributed by atoms with Gasteiger partial charge in [0, 0.05) is 37.5 Å². The molecule has 47 heavy (non-hydrogen) atoms. The number of carboxylic acids is 1. The molecule has 2 aliphatic rings. The van der Waals surface area contributed by atoms with Crippen LogP contribution in [0.3, 0.4) is 0 Å². The van der Waals surface area contributed by atoms with Crippen LogP contribution in [0, 0.1) is 23.7 Å². The highest BCUT2D eigenvalue weighted by Gasteiger charge is 2.40. The fourth-order valence-corrected chi connectivity index (χ4v) is 6.00. The third-order valence-electron chi connectivity index (χ3n) is 8.81. The fraction of sp³-hybridized carbons (Fsp3) is 0.730. The van der Waals surface area contributed by atoms with Crippen LogP contribution in [0.1, 0.15) is 105 Å². The highest BCUT2D eigenvalue weighted by molar-refractivity contribution is 5.69. The van der Waals surface area contributed by atoms with Gasteiger partial charge in [-0.2, -0.15) is 0 Å². The summed E-state index contributed by atoms with van der Waals surface area (Å²) in [6, 6.07) is 0. The van der Waals surface area contributed by atoms with Crippen LogP contribution in [0.2, 0.25) is 0 Å². The van der Waals surface area contributed by atoms with Crippen LogP contribution in [0.4, 0.5) is 0 Å². The average Bonchev–Trinajstić information content (AvgIpc) is 3.44. The van der Waals surface area contributed by atoms with Crippen molar-refractivity contribution in [2.24, 2.45) is 23.7 Å². The molecule has 0 heterocycles. The molecule has 2 fully saturated rings. The molecule has 0 aromatic heterocycles. The number of allylic oxidation sites excluding steroid dienone is 4. The second-order valence-electron chi connectivity index (χ2n) is 13.1. The topological polar surface area (TPSA) is 185 Å². The Morgan fingerprint density at radius 3 is 1.51 bits per heavy atom. The normalized spacial score (nSPS) is 29.3. The van der Waals surface area contributed by atoms with E-state index in [-0.39, 0.29) is 42.2 Å². The first-order chi connectivity index (χ1) is 22.3. The number of esters is 1. The summed E-state index contributed by atoms with van der Waals surface area (Å²) >= 11 is 0. The number of ether oxygens (including phenoxy) is 1. The van der Waals surface area contributed by atoms with E-state index >= 15 is 0 Å². The van der Waals surface area contributed by atoms with Gasteiger partial charge in [-0.1, -0.05) is 62.5 Å². The van der Waals surface area contributed by atoms with Crippen molar-refractivity contribution in [1.29, 1.82) is 0 Å². The van der Waals surface area contributed by atoms with Crippen molar-refractivity contribution in [3.8, 4) is 0 Å². The summed E-state index contributed by atoms with van der Waals surface area (Å²) in [5.41, 5.74) is 0. The maximum Gasteiger partial charge on any atom is 0.306 e. The SMILES string of the molecule is CC[C@H](O)/C=C/[C@@H]1[C@@H](C/C=C\CCCC(=O)O)[C@@H](O)C[C@H]1O.CC[C@H](O)/C=C/[C@@H]1[C@@H](C/C=C\CCCC(=O)OC(C)C)[C@@H](O)C[C@H]1O. The molecule has 10 heteroatoms. The molecular weight excluding hydrogens is 604 g/mol. The molecule has 0 spiro atoms. The Morgan fingerprint density at radius 1 is 0.702 bits per heavy atom. The van der Waals surface area contributed by atoms with Crippen molar-refractivity contribution in [2.45, 2.75) is 147 Å². The van der Waals surface area contributed by atoms with Gasteiger partial charge in [0.25, 0.3) is 0 Å². The van der Waals surface area contributed by atoms with Crippen molar-refractivity contribution >= 4 is 11.9 Å². The molecule has 2 rings (SSSR count). The van der Waals surface area contributed by atoms with Crippen molar-refractivity contribution in [3.63, 3.8) is 0 Å². The lowest BCUT2D eigenvalue weighted by molar-refractivity contribution is -0.147. The molecule has 10 nitrogen and oxygen atoms in total. The number of rotatable bonds is 19. The van der Waals surface area contributed by atoms with Gasteiger partial charge in [-0.25, -0.2) is 0 Å². The van der Waals surface area contributed by atoms with Crippen LogP contribution in [0.25, 0.3) is 0 Å². The summed E-state index contributed by atoms with van der Waals surface area (Å²) in [4.78, 5) is 21.8. The summed E-state index contributed by atoms with van der Waals surface area (Å²) in [6.07, 6.45) is 18.3. The van der Waals surface area contributed by atoms with Gasteiger partial charge in [0.05, 0.1) is 42.7 Å². The van der Waals surface area contributed by atoms with Gasteiger partial charge >= 0.3 is 11.9 Å². The summed E-state index contributed by atoms with van der Waals surface area (Å²) in [5, 5.41) is 68.2. The van der Waals surface area contributed by atoms with Gasteiger partial charge in [-0.15, -0.1) is 0 Å². The molecule has 0 aromatic rings. The lowest BCUT2D eigenvalue weighted by Gasteiger charge is -2.19. The van der Waals surface area contributed by atoms with Crippen LogP contribution in [0.15, 0.2) is 48.6 Å². The van der Waals surface area contributed by atoms with E-state index in [0.29, 0.717) is 57.8 Å². The highest BCUT2D eigenvalue weighted by atomic mass is 16.5. The maximum atomic E-state index is 11.4. The number of hydrogen-bond acceptors (Lipinski definition) is 9. The monoisotopic (exact) mass is 666 g/mol. The van der Waals surface area contributed by atoms with Crippen molar-refractivity contribution in [3.05, 3.63) is 48.6 Å². The second kappa shape index (κ2) is 23.9. The molecule has 0 bridgehead atoms. The minimum atomic E-state index is -0.789. The van der Waals surface area contributed by atoms with Gasteiger partial charge < -0.3 is 40.5 Å². The third kappa shape index (κ3) is 17.6. The zero-order valence-electron chi connectivity index (χ0n) is 28.8. The molecule has 7 N–H and O–H groups in total. The van der Waals surface area contributed by atoms with Gasteiger partial charge in [-0.05, 0) is 77.0 Å². The number of carbonyl (C=O) groups is 2. The molecule has 0 aromatic carbocycles. The zero-order valence-corrected chi connectivity index (χ0v) is 28.8. The van der Waals surface area contributed by atoms with E-state index in [0.717, 1.165) is 12.8 Å². The first kappa shape index (κ1) is 42.7. The molecule has 0 amide bonds. The van der Waals surface area contributed by atoms with Crippen LogP contribution >= 0.6 is 0 Å². The number of hydrogen-bond donors (Lipinski definition) is 7. The standard InChI is InChI=1S/C20H34O5.C17H28O5/c1-4-15(21)11-12-17-16(18(22)13-19(17)23)9-7-5-6-8-10-20(24)25-14(2)3;1-2-12(18)9-10-14-13(15(19)11-16(14)20)7-5-3-4-6-8-17(21)22/h5,7,11-12,14-19,21-23H,4,6,8-10,13H2,1-3H3;3,5,9-10,12-16,18-20H,2,4,6-8,11H2,1H3,(H,21,22)/b7-5-,12-11+;5-3-,10-9+/t15-,16+,17+,18-,19+;12-,13+,14+,15-,16+/m00/s1. The van der Waals surface area contributed by atoms with E-state index in [1.165, 1.54) is 0 Å². The van der Waals surface area contributed by atoms with Crippen LogP contribution in [-0.4, -0.2) is 90.4 Å². The first-order valence-corrected chi connectivity index (χ1v) is 17.5. The number of aliphatic hydroxyl groups is 6. The van der Waals surface area contributed by atoms with E-state index in [9.17, 15) is 40.2 Å². The Balaban J connectivity index is 0.000000474. The predicted octanol–water partition coefficient (Wildman–Crippen LogP) is 4.61. The molecule has 0 unspecified atom stereocenters.